The number of rotatable bonds is 6. The molecule has 1 fully saturated rings. The third-order valence-corrected chi connectivity index (χ3v) is 4.69. The number of nitrogens with zero attached hydrogens (tertiary/aromatic N) is 3. The zero-order valence-corrected chi connectivity index (χ0v) is 15.4. The summed E-state index contributed by atoms with van der Waals surface area (Å²) in [5.41, 5.74) is 1.57. The molecule has 1 unspecified atom stereocenters. The molecule has 3 rings (SSSR count). The Kier molecular flexibility index (Phi) is 6.04. The van der Waals surface area contributed by atoms with Crippen LogP contribution in [0.1, 0.15) is 35.8 Å². The molecule has 0 saturated carbocycles. The second-order valence-electron chi connectivity index (χ2n) is 6.75. The lowest BCUT2D eigenvalue weighted by Crippen LogP contribution is -2.39. The summed E-state index contributed by atoms with van der Waals surface area (Å²) in [5, 5.41) is 3.20. The number of benzene rings is 1. The van der Waals surface area contributed by atoms with Gasteiger partial charge in [-0.3, -0.25) is 4.79 Å². The van der Waals surface area contributed by atoms with E-state index in [9.17, 15) is 4.79 Å². The lowest BCUT2D eigenvalue weighted by Gasteiger charge is -2.30. The van der Waals surface area contributed by atoms with Crippen molar-refractivity contribution in [2.45, 2.75) is 26.2 Å². The van der Waals surface area contributed by atoms with Crippen LogP contribution in [0.3, 0.4) is 0 Å². The van der Waals surface area contributed by atoms with Crippen LogP contribution in [0.5, 0.6) is 5.75 Å². The summed E-state index contributed by atoms with van der Waals surface area (Å²) in [6.45, 7) is 4.46. The third-order valence-electron chi connectivity index (χ3n) is 4.69. The van der Waals surface area contributed by atoms with E-state index < -0.39 is 0 Å². The number of anilines is 1. The van der Waals surface area contributed by atoms with Crippen LogP contribution in [0.4, 0.5) is 5.95 Å². The van der Waals surface area contributed by atoms with Gasteiger partial charge in [-0.05, 0) is 42.9 Å². The lowest BCUT2D eigenvalue weighted by molar-refractivity contribution is 0.0677. The Morgan fingerprint density at radius 2 is 2.19 bits per heavy atom. The molecule has 1 amide bonds. The fraction of sp³-hybridized carbons (Fsp3) is 0.450. The molecule has 2 aromatic rings. The van der Waals surface area contributed by atoms with E-state index in [4.69, 9.17) is 4.74 Å². The fourth-order valence-corrected chi connectivity index (χ4v) is 3.32. The number of likely N-dealkylation sites (tertiary alicyclic amines) is 1. The molecule has 1 aliphatic rings. The summed E-state index contributed by atoms with van der Waals surface area (Å²) >= 11 is 0. The van der Waals surface area contributed by atoms with Gasteiger partial charge in [0.05, 0.1) is 7.11 Å². The molecule has 1 aromatic heterocycles. The van der Waals surface area contributed by atoms with E-state index in [0.717, 1.165) is 37.2 Å². The maximum atomic E-state index is 12.7. The van der Waals surface area contributed by atoms with E-state index in [1.807, 2.05) is 29.2 Å². The van der Waals surface area contributed by atoms with Crippen molar-refractivity contribution in [3.63, 3.8) is 0 Å². The van der Waals surface area contributed by atoms with E-state index in [-0.39, 0.29) is 5.91 Å². The number of ether oxygens (including phenoxy) is 1. The minimum Gasteiger partial charge on any atom is -0.496 e. The maximum absolute atomic E-state index is 12.7. The minimum atomic E-state index is -0.00766. The van der Waals surface area contributed by atoms with Crippen molar-refractivity contribution in [1.82, 2.24) is 14.9 Å². The molecule has 2 heterocycles. The van der Waals surface area contributed by atoms with Crippen molar-refractivity contribution in [3.05, 3.63) is 47.8 Å². The molecule has 1 atom stereocenters. The van der Waals surface area contributed by atoms with Gasteiger partial charge >= 0.3 is 0 Å². The SMILES string of the molecule is COc1ccccc1CCNc1nccc(C(=O)N2CCCC(C)C2)n1. The summed E-state index contributed by atoms with van der Waals surface area (Å²) in [6.07, 6.45) is 4.67. The van der Waals surface area contributed by atoms with E-state index in [1.54, 1.807) is 19.4 Å². The van der Waals surface area contributed by atoms with Crippen LogP contribution in [0.2, 0.25) is 0 Å². The lowest BCUT2D eigenvalue weighted by atomic mass is 10.00. The van der Waals surface area contributed by atoms with Crippen molar-refractivity contribution >= 4 is 11.9 Å². The zero-order chi connectivity index (χ0) is 18.4. The number of piperidine rings is 1. The highest BCUT2D eigenvalue weighted by molar-refractivity contribution is 5.92. The maximum Gasteiger partial charge on any atom is 0.272 e. The molecular weight excluding hydrogens is 328 g/mol. The Morgan fingerprint density at radius 1 is 1.35 bits per heavy atom. The number of carbonyl (C=O) groups excluding carboxylic acids is 1. The van der Waals surface area contributed by atoms with E-state index in [0.29, 0.717) is 24.1 Å². The monoisotopic (exact) mass is 354 g/mol. The van der Waals surface area contributed by atoms with Gasteiger partial charge in [-0.2, -0.15) is 0 Å². The normalized spacial score (nSPS) is 17.0. The Bertz CT molecular complexity index is 750. The summed E-state index contributed by atoms with van der Waals surface area (Å²) in [6, 6.07) is 9.62. The number of hydrogen-bond donors (Lipinski definition) is 1. The molecule has 0 radical (unpaired) electrons. The first-order valence-corrected chi connectivity index (χ1v) is 9.15. The molecule has 1 aromatic carbocycles. The van der Waals surface area contributed by atoms with Crippen LogP contribution < -0.4 is 10.1 Å². The summed E-state index contributed by atoms with van der Waals surface area (Å²) in [4.78, 5) is 23.2. The van der Waals surface area contributed by atoms with Crippen molar-refractivity contribution < 1.29 is 9.53 Å². The van der Waals surface area contributed by atoms with Crippen LogP contribution in [-0.2, 0) is 6.42 Å². The highest BCUT2D eigenvalue weighted by Gasteiger charge is 2.23. The Balaban J connectivity index is 1.59. The van der Waals surface area contributed by atoms with Crippen LogP contribution in [0.25, 0.3) is 0 Å². The predicted molar refractivity (Wildman–Crippen MR) is 102 cm³/mol. The first-order valence-electron chi connectivity index (χ1n) is 9.15. The quantitative estimate of drug-likeness (QED) is 0.864. The van der Waals surface area contributed by atoms with Gasteiger partial charge in [0, 0.05) is 25.8 Å². The van der Waals surface area contributed by atoms with E-state index in [1.165, 1.54) is 6.42 Å². The van der Waals surface area contributed by atoms with Crippen molar-refractivity contribution in [2.24, 2.45) is 5.92 Å². The number of para-hydroxylation sites is 1. The van der Waals surface area contributed by atoms with Crippen molar-refractivity contribution in [2.75, 3.05) is 32.1 Å². The number of methoxy groups -OCH3 is 1. The molecule has 0 aliphatic carbocycles. The molecule has 1 N–H and O–H groups in total. The zero-order valence-electron chi connectivity index (χ0n) is 15.4. The molecule has 0 bridgehead atoms. The first-order chi connectivity index (χ1) is 12.7. The number of nitrogens with one attached hydrogen (secondary N) is 1. The van der Waals surface area contributed by atoms with Crippen LogP contribution in [0, 0.1) is 5.92 Å². The van der Waals surface area contributed by atoms with E-state index >= 15 is 0 Å². The molecule has 1 saturated heterocycles. The molecule has 138 valence electrons. The Morgan fingerprint density at radius 3 is 3.00 bits per heavy atom. The van der Waals surface area contributed by atoms with Gasteiger partial charge in [0.1, 0.15) is 11.4 Å². The van der Waals surface area contributed by atoms with Gasteiger partial charge in [-0.25, -0.2) is 9.97 Å². The van der Waals surface area contributed by atoms with Crippen LogP contribution in [-0.4, -0.2) is 47.5 Å². The highest BCUT2D eigenvalue weighted by Crippen LogP contribution is 2.19. The van der Waals surface area contributed by atoms with E-state index in [2.05, 4.69) is 22.2 Å². The minimum absolute atomic E-state index is 0.00766. The second kappa shape index (κ2) is 8.65. The van der Waals surface area contributed by atoms with Gasteiger partial charge in [0.2, 0.25) is 5.95 Å². The molecule has 26 heavy (non-hydrogen) atoms. The largest absolute Gasteiger partial charge is 0.496 e. The van der Waals surface area contributed by atoms with Crippen LogP contribution >= 0.6 is 0 Å². The van der Waals surface area contributed by atoms with Gasteiger partial charge in [-0.15, -0.1) is 0 Å². The van der Waals surface area contributed by atoms with Crippen molar-refractivity contribution in [1.29, 1.82) is 0 Å². The highest BCUT2D eigenvalue weighted by atomic mass is 16.5. The molecule has 6 nitrogen and oxygen atoms in total. The topological polar surface area (TPSA) is 67.3 Å². The molecule has 6 heteroatoms. The average Bonchev–Trinajstić information content (AvgIpc) is 2.68. The van der Waals surface area contributed by atoms with Gasteiger partial charge in [0.25, 0.3) is 5.91 Å². The summed E-state index contributed by atoms with van der Waals surface area (Å²) < 4.78 is 5.37. The summed E-state index contributed by atoms with van der Waals surface area (Å²) in [7, 11) is 1.67. The second-order valence-corrected chi connectivity index (χ2v) is 6.75. The Labute approximate surface area is 154 Å². The first kappa shape index (κ1) is 18.2. The number of aromatic nitrogens is 2. The Hall–Kier alpha value is -2.63. The number of amides is 1. The average molecular weight is 354 g/mol. The molecular formula is C20H26N4O2. The smallest absolute Gasteiger partial charge is 0.272 e. The van der Waals surface area contributed by atoms with Gasteiger partial charge < -0.3 is 15.0 Å². The van der Waals surface area contributed by atoms with Gasteiger partial charge in [0.15, 0.2) is 0 Å². The fourth-order valence-electron chi connectivity index (χ4n) is 3.32. The number of hydrogen-bond acceptors (Lipinski definition) is 5. The van der Waals surface area contributed by atoms with Gasteiger partial charge in [-0.1, -0.05) is 25.1 Å². The van der Waals surface area contributed by atoms with Crippen molar-refractivity contribution in [3.8, 4) is 5.75 Å². The molecule has 1 aliphatic heterocycles. The standard InChI is InChI=1S/C20H26N4O2/c1-15-6-5-13-24(14-15)19(25)17-10-12-22-20(23-17)21-11-9-16-7-3-4-8-18(16)26-2/h3-4,7-8,10,12,15H,5-6,9,11,13-14H2,1-2H3,(H,21,22,23). The summed E-state index contributed by atoms with van der Waals surface area (Å²) in [5.74, 6) is 1.90. The third kappa shape index (κ3) is 4.50. The van der Waals surface area contributed by atoms with Crippen LogP contribution in [0.15, 0.2) is 36.5 Å². The molecule has 0 spiro atoms. The number of carbonyl (C=O) groups is 1. The predicted octanol–water partition coefficient (Wildman–Crippen LogP) is 3.01.